The number of anilines is 1. The molecule has 0 saturated heterocycles. The van der Waals surface area contributed by atoms with E-state index in [-0.39, 0.29) is 24.3 Å². The lowest BCUT2D eigenvalue weighted by Gasteiger charge is -2.23. The maximum absolute atomic E-state index is 12.7. The Bertz CT molecular complexity index is 1140. The number of rotatable bonds is 11. The van der Waals surface area contributed by atoms with E-state index in [2.05, 4.69) is 54.2 Å². The van der Waals surface area contributed by atoms with Gasteiger partial charge in [-0.15, -0.1) is 11.3 Å². The van der Waals surface area contributed by atoms with Crippen LogP contribution in [-0.2, 0) is 14.9 Å². The van der Waals surface area contributed by atoms with Crippen LogP contribution in [0.15, 0.2) is 58.4 Å². The van der Waals surface area contributed by atoms with E-state index >= 15 is 0 Å². The van der Waals surface area contributed by atoms with Crippen LogP contribution >= 0.6 is 27.3 Å². The molecule has 1 amide bonds. The van der Waals surface area contributed by atoms with Crippen LogP contribution in [0, 0.1) is 0 Å². The third-order valence-corrected chi connectivity index (χ3v) is 7.44. The standard InChI is InChI=1S/C28H32BrNO4S/c1-5-28(3,4)20-11-15-22(16-12-20)34-17-7-8-24(31)30-26-25(27(32)33-6-2)23(18-35-26)19-9-13-21(29)14-10-19/h9-16,18H,5-8,17H2,1-4H3,(H,30,31). The molecule has 5 nitrogen and oxygen atoms in total. The van der Waals surface area contributed by atoms with Gasteiger partial charge in [-0.25, -0.2) is 4.79 Å². The normalized spacial score (nSPS) is 11.2. The van der Waals surface area contributed by atoms with Crippen LogP contribution in [0.3, 0.4) is 0 Å². The SMILES string of the molecule is CCOC(=O)c1c(-c2ccc(Br)cc2)csc1NC(=O)CCCOc1ccc(C(C)(C)CC)cc1. The van der Waals surface area contributed by atoms with Gasteiger partial charge in [-0.3, -0.25) is 4.79 Å². The Hall–Kier alpha value is -2.64. The van der Waals surface area contributed by atoms with Crippen molar-refractivity contribution in [1.82, 2.24) is 0 Å². The minimum absolute atomic E-state index is 0.137. The average molecular weight is 559 g/mol. The zero-order chi connectivity index (χ0) is 25.4. The van der Waals surface area contributed by atoms with E-state index in [1.165, 1.54) is 16.9 Å². The molecular formula is C28H32BrNO4S. The predicted molar refractivity (Wildman–Crippen MR) is 147 cm³/mol. The molecule has 186 valence electrons. The molecule has 0 saturated carbocycles. The quantitative estimate of drug-likeness (QED) is 0.192. The summed E-state index contributed by atoms with van der Waals surface area (Å²) < 4.78 is 12.0. The molecule has 3 aromatic rings. The molecule has 0 spiro atoms. The van der Waals surface area contributed by atoms with Crippen LogP contribution in [0.1, 0.15) is 62.9 Å². The summed E-state index contributed by atoms with van der Waals surface area (Å²) in [4.78, 5) is 25.3. The molecule has 1 N–H and O–H groups in total. The number of benzene rings is 2. The topological polar surface area (TPSA) is 64.6 Å². The van der Waals surface area contributed by atoms with E-state index in [4.69, 9.17) is 9.47 Å². The van der Waals surface area contributed by atoms with Crippen molar-refractivity contribution in [2.24, 2.45) is 0 Å². The van der Waals surface area contributed by atoms with Crippen LogP contribution in [0.4, 0.5) is 5.00 Å². The van der Waals surface area contributed by atoms with Gasteiger partial charge < -0.3 is 14.8 Å². The fourth-order valence-electron chi connectivity index (χ4n) is 3.52. The molecule has 0 bridgehead atoms. The lowest BCUT2D eigenvalue weighted by molar-refractivity contribution is -0.116. The Balaban J connectivity index is 1.58. The van der Waals surface area contributed by atoms with Gasteiger partial charge in [-0.2, -0.15) is 0 Å². The van der Waals surface area contributed by atoms with Crippen molar-refractivity contribution in [2.45, 2.75) is 52.4 Å². The highest BCUT2D eigenvalue weighted by atomic mass is 79.9. The number of esters is 1. The summed E-state index contributed by atoms with van der Waals surface area (Å²) in [6.07, 6.45) is 1.91. The molecule has 0 aliphatic carbocycles. The fraction of sp³-hybridized carbons (Fsp3) is 0.357. The van der Waals surface area contributed by atoms with Crippen molar-refractivity contribution >= 4 is 44.1 Å². The second-order valence-electron chi connectivity index (χ2n) is 8.84. The summed E-state index contributed by atoms with van der Waals surface area (Å²) >= 11 is 4.75. The molecule has 3 rings (SSSR count). The minimum atomic E-state index is -0.444. The molecule has 2 aromatic carbocycles. The van der Waals surface area contributed by atoms with Gasteiger partial charge in [-0.1, -0.05) is 61.0 Å². The molecule has 0 fully saturated rings. The van der Waals surface area contributed by atoms with Crippen LogP contribution in [0.25, 0.3) is 11.1 Å². The second kappa shape index (κ2) is 12.4. The summed E-state index contributed by atoms with van der Waals surface area (Å²) in [6, 6.07) is 15.8. The van der Waals surface area contributed by atoms with Gasteiger partial charge >= 0.3 is 5.97 Å². The van der Waals surface area contributed by atoms with Crippen molar-refractivity contribution in [3.63, 3.8) is 0 Å². The smallest absolute Gasteiger partial charge is 0.341 e. The Morgan fingerprint density at radius 1 is 1.03 bits per heavy atom. The third-order valence-electron chi connectivity index (χ3n) is 6.02. The highest BCUT2D eigenvalue weighted by Gasteiger charge is 2.23. The van der Waals surface area contributed by atoms with E-state index < -0.39 is 5.97 Å². The summed E-state index contributed by atoms with van der Waals surface area (Å²) in [6.45, 7) is 9.09. The van der Waals surface area contributed by atoms with Gasteiger partial charge in [0.2, 0.25) is 5.91 Å². The summed E-state index contributed by atoms with van der Waals surface area (Å²) in [7, 11) is 0. The molecule has 1 heterocycles. The number of nitrogens with one attached hydrogen (secondary N) is 1. The van der Waals surface area contributed by atoms with Crippen molar-refractivity contribution in [1.29, 1.82) is 0 Å². The van der Waals surface area contributed by atoms with Crippen LogP contribution in [0.5, 0.6) is 5.75 Å². The molecule has 35 heavy (non-hydrogen) atoms. The van der Waals surface area contributed by atoms with E-state index in [0.717, 1.165) is 27.8 Å². The zero-order valence-electron chi connectivity index (χ0n) is 20.7. The van der Waals surface area contributed by atoms with Gasteiger partial charge in [0.25, 0.3) is 0 Å². The first-order chi connectivity index (χ1) is 16.7. The number of hydrogen-bond acceptors (Lipinski definition) is 5. The van der Waals surface area contributed by atoms with Crippen LogP contribution in [-0.4, -0.2) is 25.1 Å². The molecule has 1 aromatic heterocycles. The molecule has 0 aliphatic rings. The van der Waals surface area contributed by atoms with Crippen LogP contribution < -0.4 is 10.1 Å². The van der Waals surface area contributed by atoms with E-state index in [1.54, 1.807) is 6.92 Å². The average Bonchev–Trinajstić information content (AvgIpc) is 3.26. The maximum atomic E-state index is 12.7. The van der Waals surface area contributed by atoms with Gasteiger partial charge in [0.15, 0.2) is 0 Å². The Labute approximate surface area is 220 Å². The highest BCUT2D eigenvalue weighted by Crippen LogP contribution is 2.37. The summed E-state index contributed by atoms with van der Waals surface area (Å²) in [5.74, 6) is 0.187. The lowest BCUT2D eigenvalue weighted by Crippen LogP contribution is -2.15. The number of hydrogen-bond donors (Lipinski definition) is 1. The number of ether oxygens (including phenoxy) is 2. The monoisotopic (exact) mass is 557 g/mol. The predicted octanol–water partition coefficient (Wildman–Crippen LogP) is 7.84. The minimum Gasteiger partial charge on any atom is -0.494 e. The first-order valence-corrected chi connectivity index (χ1v) is 13.5. The molecule has 0 unspecified atom stereocenters. The van der Waals surface area contributed by atoms with E-state index in [9.17, 15) is 9.59 Å². The van der Waals surface area contributed by atoms with Gasteiger partial charge in [0, 0.05) is 21.8 Å². The van der Waals surface area contributed by atoms with E-state index in [0.29, 0.717) is 23.6 Å². The number of halogens is 1. The largest absolute Gasteiger partial charge is 0.494 e. The first kappa shape index (κ1) is 27.0. The van der Waals surface area contributed by atoms with Gasteiger partial charge in [0.1, 0.15) is 16.3 Å². The number of thiophene rings is 1. The number of amides is 1. The molecule has 7 heteroatoms. The molecule has 0 radical (unpaired) electrons. The molecule has 0 aliphatic heterocycles. The van der Waals surface area contributed by atoms with Gasteiger partial charge in [0.05, 0.1) is 13.2 Å². The Kier molecular flexibility index (Phi) is 9.52. The van der Waals surface area contributed by atoms with E-state index in [1.807, 2.05) is 41.8 Å². The zero-order valence-corrected chi connectivity index (χ0v) is 23.1. The van der Waals surface area contributed by atoms with Gasteiger partial charge in [-0.05, 0) is 60.6 Å². The summed E-state index contributed by atoms with van der Waals surface area (Å²) in [5.41, 5.74) is 3.43. The first-order valence-electron chi connectivity index (χ1n) is 11.8. The number of carbonyl (C=O) groups excluding carboxylic acids is 2. The van der Waals surface area contributed by atoms with Crippen LogP contribution in [0.2, 0.25) is 0 Å². The van der Waals surface area contributed by atoms with Crippen molar-refractivity contribution in [3.8, 4) is 16.9 Å². The Morgan fingerprint density at radius 3 is 2.34 bits per heavy atom. The molecule has 0 atom stereocenters. The summed E-state index contributed by atoms with van der Waals surface area (Å²) in [5, 5.41) is 5.27. The lowest BCUT2D eigenvalue weighted by atomic mass is 9.82. The van der Waals surface area contributed by atoms with Crippen molar-refractivity contribution < 1.29 is 19.1 Å². The Morgan fingerprint density at radius 2 is 1.71 bits per heavy atom. The fourth-order valence-corrected chi connectivity index (χ4v) is 4.75. The number of carbonyl (C=O) groups is 2. The third kappa shape index (κ3) is 7.18. The molecular weight excluding hydrogens is 526 g/mol. The van der Waals surface area contributed by atoms with Crippen molar-refractivity contribution in [2.75, 3.05) is 18.5 Å². The maximum Gasteiger partial charge on any atom is 0.341 e. The highest BCUT2D eigenvalue weighted by molar-refractivity contribution is 9.10. The second-order valence-corrected chi connectivity index (χ2v) is 10.6. The van der Waals surface area contributed by atoms with Crippen molar-refractivity contribution in [3.05, 3.63) is 69.5 Å².